The Kier molecular flexibility index (Phi) is 5.85. The molecular weight excluding hydrogens is 446 g/mol. The van der Waals surface area contributed by atoms with Gasteiger partial charge in [0, 0.05) is 26.3 Å². The van der Waals surface area contributed by atoms with Gasteiger partial charge in [-0.25, -0.2) is 22.4 Å². The molecule has 1 amide bonds. The molecule has 3 aromatic heterocycles. The highest BCUT2D eigenvalue weighted by Crippen LogP contribution is 2.29. The number of thiophene rings is 1. The molecular formula is C22H23N5O3S2. The second kappa shape index (κ2) is 8.45. The Labute approximate surface area is 190 Å². The number of amides is 1. The summed E-state index contributed by atoms with van der Waals surface area (Å²) >= 11 is 1.54. The van der Waals surface area contributed by atoms with Gasteiger partial charge in [0.15, 0.2) is 5.65 Å². The first-order valence-corrected chi connectivity index (χ1v) is 12.3. The van der Waals surface area contributed by atoms with E-state index in [2.05, 4.69) is 10.4 Å². The van der Waals surface area contributed by atoms with Crippen LogP contribution in [-0.2, 0) is 16.6 Å². The van der Waals surface area contributed by atoms with Gasteiger partial charge in [0.05, 0.1) is 32.6 Å². The lowest BCUT2D eigenvalue weighted by atomic mass is 10.1. The molecule has 3 heterocycles. The smallest absolute Gasteiger partial charge is 0.256 e. The molecule has 8 nitrogen and oxygen atoms in total. The van der Waals surface area contributed by atoms with Crippen molar-refractivity contribution in [3.8, 4) is 10.6 Å². The number of nitrogens with one attached hydrogen (secondary N) is 1. The van der Waals surface area contributed by atoms with Gasteiger partial charge in [0.25, 0.3) is 5.91 Å². The molecule has 0 spiro atoms. The standard InChI is InChI=1S/C22H23N5O3S2/c1-5-27-21-17(13-23-27)16(12-18(25-21)19-7-6-10-31-19)22(28)24-15-9-8-14(2)20(11-15)32(29,30)26(3)4/h6-13H,5H2,1-4H3,(H,24,28). The van der Waals surface area contributed by atoms with Crippen molar-refractivity contribution in [2.75, 3.05) is 19.4 Å². The summed E-state index contributed by atoms with van der Waals surface area (Å²) in [6, 6.07) is 10.5. The number of sulfonamides is 1. The first kappa shape index (κ1) is 22.1. The Morgan fingerprint density at radius 2 is 2.00 bits per heavy atom. The van der Waals surface area contributed by atoms with Crippen molar-refractivity contribution in [1.29, 1.82) is 0 Å². The van der Waals surface area contributed by atoms with Gasteiger partial charge in [0.2, 0.25) is 10.0 Å². The minimum absolute atomic E-state index is 0.151. The summed E-state index contributed by atoms with van der Waals surface area (Å²) in [5, 5.41) is 9.79. The first-order valence-electron chi connectivity index (χ1n) is 9.97. The largest absolute Gasteiger partial charge is 0.322 e. The summed E-state index contributed by atoms with van der Waals surface area (Å²) in [5.74, 6) is -0.358. The van der Waals surface area contributed by atoms with Crippen molar-refractivity contribution in [3.63, 3.8) is 0 Å². The van der Waals surface area contributed by atoms with Gasteiger partial charge < -0.3 is 5.32 Å². The molecule has 0 aliphatic carbocycles. The number of fused-ring (bicyclic) bond motifs is 1. The third-order valence-corrected chi connectivity index (χ3v) is 7.98. The molecule has 0 aliphatic heterocycles. The molecule has 4 rings (SSSR count). The summed E-state index contributed by atoms with van der Waals surface area (Å²) in [5.41, 5.74) is 2.74. The average Bonchev–Trinajstić information content (AvgIpc) is 3.43. The normalized spacial score (nSPS) is 11.9. The molecule has 0 aliphatic rings. The van der Waals surface area contributed by atoms with Crippen LogP contribution in [0.25, 0.3) is 21.6 Å². The fraction of sp³-hybridized carbons (Fsp3) is 0.227. The van der Waals surface area contributed by atoms with E-state index in [1.807, 2.05) is 24.4 Å². The van der Waals surface area contributed by atoms with Gasteiger partial charge in [-0.1, -0.05) is 12.1 Å². The van der Waals surface area contributed by atoms with Crippen LogP contribution in [0.3, 0.4) is 0 Å². The molecule has 0 saturated heterocycles. The third-order valence-electron chi connectivity index (χ3n) is 5.13. The van der Waals surface area contributed by atoms with Crippen molar-refractivity contribution < 1.29 is 13.2 Å². The van der Waals surface area contributed by atoms with Crippen LogP contribution in [0.4, 0.5) is 5.69 Å². The zero-order valence-corrected chi connectivity index (χ0v) is 19.8. The van der Waals surface area contributed by atoms with Gasteiger partial charge in [0.1, 0.15) is 0 Å². The number of anilines is 1. The molecule has 32 heavy (non-hydrogen) atoms. The predicted molar refractivity (Wildman–Crippen MR) is 127 cm³/mol. The SMILES string of the molecule is CCn1ncc2c(C(=O)Nc3ccc(C)c(S(=O)(=O)N(C)C)c3)cc(-c3cccs3)nc21. The Bertz CT molecular complexity index is 1410. The van der Waals surface area contributed by atoms with Crippen molar-refractivity contribution >= 4 is 44.0 Å². The van der Waals surface area contributed by atoms with Crippen molar-refractivity contribution in [2.45, 2.75) is 25.3 Å². The monoisotopic (exact) mass is 469 g/mol. The van der Waals surface area contributed by atoms with Crippen molar-refractivity contribution in [1.82, 2.24) is 19.1 Å². The van der Waals surface area contributed by atoms with Crippen molar-refractivity contribution in [2.24, 2.45) is 0 Å². The van der Waals surface area contributed by atoms with Gasteiger partial charge in [-0.2, -0.15) is 5.10 Å². The van der Waals surface area contributed by atoms with E-state index in [0.717, 1.165) is 9.18 Å². The van der Waals surface area contributed by atoms with Gasteiger partial charge in [-0.05, 0) is 49.1 Å². The molecule has 0 fully saturated rings. The molecule has 0 radical (unpaired) electrons. The molecule has 1 aromatic carbocycles. The van der Waals surface area contributed by atoms with Gasteiger partial charge >= 0.3 is 0 Å². The van der Waals surface area contributed by atoms with E-state index in [1.165, 1.54) is 31.5 Å². The van der Waals surface area contributed by atoms with Crippen LogP contribution in [0.15, 0.2) is 52.9 Å². The summed E-state index contributed by atoms with van der Waals surface area (Å²) < 4.78 is 28.2. The summed E-state index contributed by atoms with van der Waals surface area (Å²) in [4.78, 5) is 19.1. The minimum atomic E-state index is -3.64. The molecule has 10 heteroatoms. The number of aromatic nitrogens is 3. The number of nitrogens with zero attached hydrogens (tertiary/aromatic N) is 4. The second-order valence-corrected chi connectivity index (χ2v) is 10.5. The van der Waals surface area contributed by atoms with Crippen LogP contribution >= 0.6 is 11.3 Å². The van der Waals surface area contributed by atoms with E-state index < -0.39 is 10.0 Å². The molecule has 0 atom stereocenters. The molecule has 0 saturated carbocycles. The third kappa shape index (κ3) is 3.92. The molecule has 0 bridgehead atoms. The zero-order chi connectivity index (χ0) is 23.0. The second-order valence-electron chi connectivity index (χ2n) is 7.45. The number of carbonyl (C=O) groups excluding carboxylic acids is 1. The lowest BCUT2D eigenvalue weighted by Crippen LogP contribution is -2.23. The highest BCUT2D eigenvalue weighted by atomic mass is 32.2. The topological polar surface area (TPSA) is 97.2 Å². The lowest BCUT2D eigenvalue weighted by Gasteiger charge is -2.15. The molecule has 4 aromatic rings. The van der Waals surface area contributed by atoms with Crippen LogP contribution in [0.2, 0.25) is 0 Å². The van der Waals surface area contributed by atoms with E-state index >= 15 is 0 Å². The Morgan fingerprint density at radius 3 is 2.66 bits per heavy atom. The van der Waals surface area contributed by atoms with Crippen LogP contribution in [-0.4, -0.2) is 47.5 Å². The number of rotatable bonds is 6. The van der Waals surface area contributed by atoms with E-state index in [1.54, 1.807) is 36.0 Å². The summed E-state index contributed by atoms with van der Waals surface area (Å²) in [6.07, 6.45) is 1.63. The Morgan fingerprint density at radius 1 is 1.22 bits per heavy atom. The van der Waals surface area contributed by atoms with Crippen LogP contribution < -0.4 is 5.32 Å². The number of pyridine rings is 1. The quantitative estimate of drug-likeness (QED) is 0.461. The van der Waals surface area contributed by atoms with E-state index in [0.29, 0.717) is 40.1 Å². The highest BCUT2D eigenvalue weighted by molar-refractivity contribution is 7.89. The highest BCUT2D eigenvalue weighted by Gasteiger charge is 2.22. The Balaban J connectivity index is 1.78. The first-order chi connectivity index (χ1) is 15.2. The number of hydrogen-bond donors (Lipinski definition) is 1. The maximum Gasteiger partial charge on any atom is 0.256 e. The average molecular weight is 470 g/mol. The van der Waals surface area contributed by atoms with Crippen LogP contribution in [0.1, 0.15) is 22.8 Å². The number of hydrogen-bond acceptors (Lipinski definition) is 6. The van der Waals surface area contributed by atoms with Crippen LogP contribution in [0, 0.1) is 6.92 Å². The number of benzene rings is 1. The summed E-state index contributed by atoms with van der Waals surface area (Å²) in [7, 11) is -0.687. The lowest BCUT2D eigenvalue weighted by molar-refractivity contribution is 0.102. The van der Waals surface area contributed by atoms with Gasteiger partial charge in [-0.15, -0.1) is 11.3 Å². The molecule has 166 valence electrons. The molecule has 0 unspecified atom stereocenters. The Hall–Kier alpha value is -3.08. The van der Waals surface area contributed by atoms with E-state index in [-0.39, 0.29) is 10.8 Å². The van der Waals surface area contributed by atoms with Crippen molar-refractivity contribution in [3.05, 3.63) is 59.1 Å². The van der Waals surface area contributed by atoms with E-state index in [4.69, 9.17) is 4.98 Å². The van der Waals surface area contributed by atoms with Crippen LogP contribution in [0.5, 0.6) is 0 Å². The predicted octanol–water partition coefficient (Wildman–Crippen LogP) is 3.99. The van der Waals surface area contributed by atoms with Gasteiger partial charge in [-0.3, -0.25) is 4.79 Å². The minimum Gasteiger partial charge on any atom is -0.322 e. The van der Waals surface area contributed by atoms with E-state index in [9.17, 15) is 13.2 Å². The fourth-order valence-electron chi connectivity index (χ4n) is 3.37. The number of carbonyl (C=O) groups is 1. The maximum absolute atomic E-state index is 13.3. The fourth-order valence-corrected chi connectivity index (χ4v) is 5.20. The number of aryl methyl sites for hydroxylation is 2. The zero-order valence-electron chi connectivity index (χ0n) is 18.2. The molecule has 1 N–H and O–H groups in total. The maximum atomic E-state index is 13.3. The summed E-state index contributed by atoms with van der Waals surface area (Å²) in [6.45, 7) is 4.31.